The molecular formula is C24H16N6OS. The molecule has 0 bridgehead atoms. The normalized spacial score (nSPS) is 11.4. The number of thiophene rings is 1. The molecule has 8 heteroatoms. The summed E-state index contributed by atoms with van der Waals surface area (Å²) in [7, 11) is 0. The van der Waals surface area contributed by atoms with Gasteiger partial charge in [0.05, 0.1) is 32.8 Å². The third kappa shape index (κ3) is 3.00. The number of carbonyl (C=O) groups is 1. The lowest BCUT2D eigenvalue weighted by atomic mass is 10.1. The molecule has 0 aliphatic rings. The maximum Gasteiger partial charge on any atom is 0.169 e. The first-order chi connectivity index (χ1) is 15.7. The zero-order valence-electron chi connectivity index (χ0n) is 17.0. The van der Waals surface area contributed by atoms with Crippen LogP contribution in [0.25, 0.3) is 55.4 Å². The molecule has 5 heterocycles. The lowest BCUT2D eigenvalue weighted by Gasteiger charge is -2.00. The highest BCUT2D eigenvalue weighted by molar-refractivity contribution is 7.17. The molecule has 6 aromatic rings. The highest BCUT2D eigenvalue weighted by Gasteiger charge is 2.17. The second-order valence-electron chi connectivity index (χ2n) is 7.39. The number of H-pyrrole nitrogens is 2. The maximum absolute atomic E-state index is 11.7. The van der Waals surface area contributed by atoms with E-state index in [1.807, 2.05) is 60.7 Å². The molecule has 0 amide bonds. The first-order valence-electron chi connectivity index (χ1n) is 10.0. The summed E-state index contributed by atoms with van der Waals surface area (Å²) in [6, 6.07) is 19.4. The Balaban J connectivity index is 1.49. The number of carbonyl (C=O) groups excluding carboxylic acids is 1. The predicted molar refractivity (Wildman–Crippen MR) is 126 cm³/mol. The number of Topliss-reactive ketones (excluding diaryl/α,β-unsaturated/α-hetero) is 1. The van der Waals surface area contributed by atoms with E-state index in [0.717, 1.165) is 48.8 Å². The zero-order chi connectivity index (χ0) is 21.7. The monoisotopic (exact) mass is 436 g/mol. The number of imidazole rings is 1. The van der Waals surface area contributed by atoms with E-state index in [9.17, 15) is 4.79 Å². The molecule has 0 aliphatic carbocycles. The minimum Gasteiger partial charge on any atom is -0.336 e. The van der Waals surface area contributed by atoms with Crippen molar-refractivity contribution in [1.82, 2.24) is 30.1 Å². The fourth-order valence-corrected chi connectivity index (χ4v) is 4.66. The Bertz CT molecular complexity index is 1610. The summed E-state index contributed by atoms with van der Waals surface area (Å²) < 4.78 is 0. The fraction of sp³-hybridized carbons (Fsp3) is 0.0417. The van der Waals surface area contributed by atoms with Crippen molar-refractivity contribution >= 4 is 39.2 Å². The molecule has 0 fully saturated rings. The molecule has 5 aromatic heterocycles. The van der Waals surface area contributed by atoms with Crippen LogP contribution in [0.3, 0.4) is 0 Å². The smallest absolute Gasteiger partial charge is 0.169 e. The number of nitrogens with zero attached hydrogens (tertiary/aromatic N) is 4. The van der Waals surface area contributed by atoms with Crippen molar-refractivity contribution < 1.29 is 4.79 Å². The minimum atomic E-state index is 0.0638. The van der Waals surface area contributed by atoms with Gasteiger partial charge in [-0.1, -0.05) is 18.2 Å². The summed E-state index contributed by atoms with van der Waals surface area (Å²) in [6.45, 7) is 1.58. The number of aromatic nitrogens is 6. The van der Waals surface area contributed by atoms with E-state index in [1.54, 1.807) is 13.1 Å². The van der Waals surface area contributed by atoms with Crippen molar-refractivity contribution in [3.63, 3.8) is 0 Å². The van der Waals surface area contributed by atoms with Gasteiger partial charge in [0.25, 0.3) is 0 Å². The van der Waals surface area contributed by atoms with Gasteiger partial charge < -0.3 is 4.98 Å². The van der Waals surface area contributed by atoms with E-state index in [0.29, 0.717) is 11.5 Å². The van der Waals surface area contributed by atoms with E-state index >= 15 is 0 Å². The Morgan fingerprint density at radius 2 is 1.81 bits per heavy atom. The van der Waals surface area contributed by atoms with Gasteiger partial charge in [-0.25, -0.2) is 9.97 Å². The van der Waals surface area contributed by atoms with Crippen LogP contribution >= 0.6 is 11.3 Å². The minimum absolute atomic E-state index is 0.0638. The molecular weight excluding hydrogens is 420 g/mol. The third-order valence-electron chi connectivity index (χ3n) is 5.29. The molecule has 0 unspecified atom stereocenters. The Kier molecular flexibility index (Phi) is 4.19. The van der Waals surface area contributed by atoms with Crippen molar-refractivity contribution in [3.05, 3.63) is 71.7 Å². The molecule has 0 radical (unpaired) electrons. The topological polar surface area (TPSA) is 100 Å². The third-order valence-corrected chi connectivity index (χ3v) is 6.51. The van der Waals surface area contributed by atoms with Crippen molar-refractivity contribution in [2.24, 2.45) is 0 Å². The Morgan fingerprint density at radius 1 is 0.875 bits per heavy atom. The summed E-state index contributed by atoms with van der Waals surface area (Å²) >= 11 is 1.47. The molecule has 0 aliphatic heterocycles. The highest BCUT2D eigenvalue weighted by Crippen LogP contribution is 2.35. The van der Waals surface area contributed by atoms with Crippen molar-refractivity contribution in [2.45, 2.75) is 6.92 Å². The van der Waals surface area contributed by atoms with Crippen LogP contribution in [0, 0.1) is 0 Å². The van der Waals surface area contributed by atoms with Crippen LogP contribution in [0.1, 0.15) is 16.6 Å². The van der Waals surface area contributed by atoms with Gasteiger partial charge in [-0.2, -0.15) is 5.10 Å². The van der Waals surface area contributed by atoms with Crippen molar-refractivity contribution in [3.8, 4) is 33.3 Å². The first-order valence-corrected chi connectivity index (χ1v) is 10.9. The second kappa shape index (κ2) is 7.21. The van der Waals surface area contributed by atoms with Gasteiger partial charge >= 0.3 is 0 Å². The second-order valence-corrected chi connectivity index (χ2v) is 8.47. The maximum atomic E-state index is 11.7. The van der Waals surface area contributed by atoms with Gasteiger partial charge in [-0.05, 0) is 49.4 Å². The average molecular weight is 437 g/mol. The molecule has 0 saturated carbocycles. The highest BCUT2D eigenvalue weighted by atomic mass is 32.1. The molecule has 2 N–H and O–H groups in total. The number of rotatable bonds is 4. The van der Waals surface area contributed by atoms with Gasteiger partial charge in [0.15, 0.2) is 17.3 Å². The Hall–Kier alpha value is -4.17. The van der Waals surface area contributed by atoms with Crippen LogP contribution in [0.2, 0.25) is 0 Å². The van der Waals surface area contributed by atoms with E-state index in [-0.39, 0.29) is 5.78 Å². The quantitative estimate of drug-likeness (QED) is 0.356. The summed E-state index contributed by atoms with van der Waals surface area (Å²) in [4.78, 5) is 30.9. The number of hydrogen-bond donors (Lipinski definition) is 2. The van der Waals surface area contributed by atoms with E-state index < -0.39 is 0 Å². The SMILES string of the molecule is CC(=O)c1ccc(-c2cccc3[nH]c(-c4n[nH]c5ccc(-c6ccccn6)nc45)nc23)s1. The summed E-state index contributed by atoms with van der Waals surface area (Å²) in [6.07, 6.45) is 1.75. The summed E-state index contributed by atoms with van der Waals surface area (Å²) in [5.74, 6) is 0.696. The molecule has 154 valence electrons. The van der Waals surface area contributed by atoms with Crippen molar-refractivity contribution in [2.75, 3.05) is 0 Å². The number of nitrogens with one attached hydrogen (secondary N) is 2. The number of pyridine rings is 2. The molecule has 32 heavy (non-hydrogen) atoms. The number of fused-ring (bicyclic) bond motifs is 2. The first kappa shape index (κ1) is 18.6. The Labute approximate surface area is 186 Å². The van der Waals surface area contributed by atoms with Crippen LogP contribution in [0.4, 0.5) is 0 Å². The summed E-state index contributed by atoms with van der Waals surface area (Å²) in [5, 5.41) is 7.53. The van der Waals surface area contributed by atoms with Gasteiger partial charge in [0.2, 0.25) is 0 Å². The predicted octanol–water partition coefficient (Wildman–Crippen LogP) is 5.49. The van der Waals surface area contributed by atoms with Gasteiger partial charge in [-0.3, -0.25) is 14.9 Å². The van der Waals surface area contributed by atoms with E-state index in [4.69, 9.17) is 9.97 Å². The largest absolute Gasteiger partial charge is 0.336 e. The number of aromatic amines is 2. The fourth-order valence-electron chi connectivity index (χ4n) is 3.74. The van der Waals surface area contributed by atoms with Crippen LogP contribution in [0.5, 0.6) is 0 Å². The van der Waals surface area contributed by atoms with Crippen LogP contribution in [-0.4, -0.2) is 35.9 Å². The number of benzene rings is 1. The molecule has 1 aromatic carbocycles. The molecule has 6 rings (SSSR count). The molecule has 0 spiro atoms. The number of ketones is 1. The van der Waals surface area contributed by atoms with E-state index in [1.165, 1.54) is 11.3 Å². The molecule has 0 atom stereocenters. The van der Waals surface area contributed by atoms with Gasteiger partial charge in [0, 0.05) is 16.6 Å². The number of para-hydroxylation sites is 1. The molecule has 0 saturated heterocycles. The van der Waals surface area contributed by atoms with Crippen LogP contribution < -0.4 is 0 Å². The van der Waals surface area contributed by atoms with Crippen LogP contribution in [0.15, 0.2) is 66.9 Å². The lowest BCUT2D eigenvalue weighted by Crippen LogP contribution is -1.88. The van der Waals surface area contributed by atoms with Gasteiger partial charge in [-0.15, -0.1) is 11.3 Å². The standard InChI is InChI=1S/C24H16N6OS/c1-13(31)19-10-11-20(32-19)14-5-4-7-17-21(14)28-24(27-17)23-22-18(29-30-23)9-8-16(26-22)15-6-2-3-12-25-15/h2-12H,1H3,(H,27,28)(H,29,30). The lowest BCUT2D eigenvalue weighted by molar-refractivity contribution is 0.102. The summed E-state index contributed by atoms with van der Waals surface area (Å²) in [5.41, 5.74) is 6.47. The van der Waals surface area contributed by atoms with Crippen LogP contribution in [-0.2, 0) is 0 Å². The molecule has 7 nitrogen and oxygen atoms in total. The Morgan fingerprint density at radius 3 is 2.62 bits per heavy atom. The van der Waals surface area contributed by atoms with Gasteiger partial charge in [0.1, 0.15) is 5.52 Å². The number of hydrogen-bond acceptors (Lipinski definition) is 6. The average Bonchev–Trinajstić information content (AvgIpc) is 3.56. The van der Waals surface area contributed by atoms with E-state index in [2.05, 4.69) is 20.2 Å². The van der Waals surface area contributed by atoms with Crippen molar-refractivity contribution in [1.29, 1.82) is 0 Å². The zero-order valence-corrected chi connectivity index (χ0v) is 17.8.